The van der Waals surface area contributed by atoms with Gasteiger partial charge in [-0.15, -0.1) is 0 Å². The topological polar surface area (TPSA) is 9.23 Å². The van der Waals surface area contributed by atoms with Crippen LogP contribution in [-0.2, 0) is 4.43 Å². The van der Waals surface area contributed by atoms with Gasteiger partial charge in [0.25, 0.3) is 0 Å². The first-order valence-electron chi connectivity index (χ1n) is 7.41. The molecule has 0 atom stereocenters. The van der Waals surface area contributed by atoms with E-state index in [9.17, 15) is 0 Å². The van der Waals surface area contributed by atoms with Gasteiger partial charge in [-0.3, -0.25) is 0 Å². The molecule has 0 N–H and O–H groups in total. The van der Waals surface area contributed by atoms with Gasteiger partial charge in [0.2, 0.25) is 0 Å². The van der Waals surface area contributed by atoms with E-state index in [2.05, 4.69) is 33.9 Å². The first-order valence-corrected chi connectivity index (χ1v) is 10.3. The number of hydrogen-bond donors (Lipinski definition) is 0. The first kappa shape index (κ1) is 13.6. The summed E-state index contributed by atoms with van der Waals surface area (Å²) in [5, 5.41) is 0.357. The zero-order chi connectivity index (χ0) is 12.7. The van der Waals surface area contributed by atoms with E-state index < -0.39 is 8.32 Å². The molecule has 1 nitrogen and oxygen atoms in total. The average Bonchev–Trinajstić information content (AvgIpc) is 2.71. The van der Waals surface area contributed by atoms with Crippen molar-refractivity contribution >= 4 is 8.32 Å². The molecule has 0 unspecified atom stereocenters. The van der Waals surface area contributed by atoms with Crippen LogP contribution in [0.4, 0.5) is 0 Å². The fourth-order valence-corrected chi connectivity index (χ4v) is 4.58. The molecule has 17 heavy (non-hydrogen) atoms. The largest absolute Gasteiger partial charge is 0.416 e. The summed E-state index contributed by atoms with van der Waals surface area (Å²) in [6.07, 6.45) is 8.72. The Hall–Kier alpha value is 0.177. The van der Waals surface area contributed by atoms with E-state index in [4.69, 9.17) is 4.43 Å². The Morgan fingerprint density at radius 1 is 1.12 bits per heavy atom. The summed E-state index contributed by atoms with van der Waals surface area (Å²) < 4.78 is 6.52. The molecular weight excluding hydrogens is 224 g/mol. The normalized spacial score (nSPS) is 34.1. The highest BCUT2D eigenvalue weighted by Gasteiger charge is 2.48. The van der Waals surface area contributed by atoms with Crippen LogP contribution in [0.3, 0.4) is 0 Å². The Bertz CT molecular complexity index is 267. The lowest BCUT2D eigenvalue weighted by atomic mass is 9.81. The summed E-state index contributed by atoms with van der Waals surface area (Å²) in [4.78, 5) is 0. The van der Waals surface area contributed by atoms with E-state index in [1.807, 2.05) is 0 Å². The molecule has 0 aromatic heterocycles. The van der Waals surface area contributed by atoms with Crippen molar-refractivity contribution in [1.82, 2.24) is 0 Å². The van der Waals surface area contributed by atoms with Gasteiger partial charge >= 0.3 is 0 Å². The molecule has 0 aliphatic heterocycles. The van der Waals surface area contributed by atoms with E-state index in [1.54, 1.807) is 0 Å². The summed E-state index contributed by atoms with van der Waals surface area (Å²) in [5.41, 5.74) is 0.593. The Kier molecular flexibility index (Phi) is 3.50. The van der Waals surface area contributed by atoms with Crippen LogP contribution in [0.1, 0.15) is 59.3 Å². The number of rotatable bonds is 3. The molecule has 2 fully saturated rings. The van der Waals surface area contributed by atoms with Crippen molar-refractivity contribution in [3.8, 4) is 0 Å². The van der Waals surface area contributed by atoms with Crippen LogP contribution in [-0.4, -0.2) is 14.9 Å². The predicted molar refractivity (Wildman–Crippen MR) is 76.8 cm³/mol. The highest BCUT2D eigenvalue weighted by Crippen LogP contribution is 2.55. The standard InChI is InChI=1S/C15H30OSi/c1-14(2,3)17(4,5)16-12-15-10-6-8-13(15)9-7-11-15/h13H,6-12H2,1-5H3. The molecule has 0 aromatic rings. The molecule has 2 heteroatoms. The fraction of sp³-hybridized carbons (Fsp3) is 1.00. The van der Waals surface area contributed by atoms with Crippen LogP contribution in [0.25, 0.3) is 0 Å². The molecule has 0 radical (unpaired) electrons. The molecule has 100 valence electrons. The maximum absolute atomic E-state index is 6.52. The third-order valence-electron chi connectivity index (χ3n) is 5.85. The quantitative estimate of drug-likeness (QED) is 0.646. The Morgan fingerprint density at radius 2 is 1.65 bits per heavy atom. The van der Waals surface area contributed by atoms with Gasteiger partial charge in [-0.1, -0.05) is 33.6 Å². The van der Waals surface area contributed by atoms with E-state index >= 15 is 0 Å². The molecule has 0 spiro atoms. The summed E-state index contributed by atoms with van der Waals surface area (Å²) in [5.74, 6) is 0.993. The molecule has 2 saturated carbocycles. The second-order valence-corrected chi connectivity index (χ2v) is 12.7. The van der Waals surface area contributed by atoms with Gasteiger partial charge in [0.1, 0.15) is 0 Å². The summed E-state index contributed by atoms with van der Waals surface area (Å²) in [7, 11) is -1.54. The zero-order valence-corrected chi connectivity index (χ0v) is 13.4. The van der Waals surface area contributed by atoms with Crippen molar-refractivity contribution in [3.63, 3.8) is 0 Å². The van der Waals surface area contributed by atoms with Crippen LogP contribution in [0.2, 0.25) is 18.1 Å². The molecule has 2 aliphatic rings. The Morgan fingerprint density at radius 3 is 2.12 bits per heavy atom. The van der Waals surface area contributed by atoms with Gasteiger partial charge in [0.05, 0.1) is 0 Å². The molecule has 0 heterocycles. The third-order valence-corrected chi connectivity index (χ3v) is 10.3. The molecule has 0 amide bonds. The summed E-state index contributed by atoms with van der Waals surface area (Å²) in [6.45, 7) is 12.9. The van der Waals surface area contributed by atoms with Gasteiger partial charge < -0.3 is 4.43 Å². The van der Waals surface area contributed by atoms with Crippen LogP contribution in [0.5, 0.6) is 0 Å². The van der Waals surface area contributed by atoms with Gasteiger partial charge in [-0.05, 0) is 55.1 Å². The summed E-state index contributed by atoms with van der Waals surface area (Å²) >= 11 is 0. The van der Waals surface area contributed by atoms with Crippen molar-refractivity contribution in [1.29, 1.82) is 0 Å². The van der Waals surface area contributed by atoms with E-state index in [1.165, 1.54) is 38.5 Å². The molecule has 2 rings (SSSR count). The second-order valence-electron chi connectivity index (χ2n) is 7.89. The average molecular weight is 254 g/mol. The maximum atomic E-state index is 6.52. The smallest absolute Gasteiger partial charge is 0.192 e. The lowest BCUT2D eigenvalue weighted by Gasteiger charge is -2.40. The first-order chi connectivity index (χ1) is 7.77. The van der Waals surface area contributed by atoms with Crippen LogP contribution in [0.15, 0.2) is 0 Å². The van der Waals surface area contributed by atoms with Gasteiger partial charge in [-0.2, -0.15) is 0 Å². The second kappa shape index (κ2) is 4.38. The van der Waals surface area contributed by atoms with Gasteiger partial charge in [-0.25, -0.2) is 0 Å². The van der Waals surface area contributed by atoms with E-state index in [-0.39, 0.29) is 0 Å². The third kappa shape index (κ3) is 2.48. The van der Waals surface area contributed by atoms with Crippen LogP contribution >= 0.6 is 0 Å². The van der Waals surface area contributed by atoms with Crippen molar-refractivity contribution in [2.24, 2.45) is 11.3 Å². The molecule has 0 bridgehead atoms. The molecule has 0 saturated heterocycles. The van der Waals surface area contributed by atoms with Crippen molar-refractivity contribution in [2.45, 2.75) is 77.4 Å². The number of fused-ring (bicyclic) bond motifs is 1. The lowest BCUT2D eigenvalue weighted by Crippen LogP contribution is -2.44. The molecule has 0 aromatic carbocycles. The monoisotopic (exact) mass is 254 g/mol. The predicted octanol–water partition coefficient (Wildman–Crippen LogP) is 4.98. The van der Waals surface area contributed by atoms with Crippen molar-refractivity contribution in [2.75, 3.05) is 6.61 Å². The highest BCUT2D eigenvalue weighted by molar-refractivity contribution is 6.74. The Labute approximate surface area is 108 Å². The minimum atomic E-state index is -1.54. The van der Waals surface area contributed by atoms with Gasteiger partial charge in [0.15, 0.2) is 8.32 Å². The zero-order valence-electron chi connectivity index (χ0n) is 12.4. The van der Waals surface area contributed by atoms with Crippen LogP contribution in [0, 0.1) is 11.3 Å². The van der Waals surface area contributed by atoms with E-state index in [0.717, 1.165) is 12.5 Å². The van der Waals surface area contributed by atoms with Crippen LogP contribution < -0.4 is 0 Å². The lowest BCUT2D eigenvalue weighted by molar-refractivity contribution is 0.112. The SMILES string of the molecule is CC(C)(C)[Si](C)(C)OCC12CCCC1CCC2. The van der Waals surface area contributed by atoms with Crippen molar-refractivity contribution < 1.29 is 4.43 Å². The number of hydrogen-bond acceptors (Lipinski definition) is 1. The fourth-order valence-electron chi connectivity index (χ4n) is 3.49. The minimum absolute atomic E-state index is 0.357. The Balaban J connectivity index is 1.98. The molecular formula is C15H30OSi. The van der Waals surface area contributed by atoms with Gasteiger partial charge in [0, 0.05) is 6.61 Å². The molecule has 2 aliphatic carbocycles. The maximum Gasteiger partial charge on any atom is 0.192 e. The van der Waals surface area contributed by atoms with E-state index in [0.29, 0.717) is 10.5 Å². The summed E-state index contributed by atoms with van der Waals surface area (Å²) in [6, 6.07) is 0. The highest BCUT2D eigenvalue weighted by atomic mass is 28.4. The van der Waals surface area contributed by atoms with Crippen molar-refractivity contribution in [3.05, 3.63) is 0 Å². The minimum Gasteiger partial charge on any atom is -0.416 e.